The molecular formula is C13H19NO2S. The first-order valence-electron chi connectivity index (χ1n) is 5.96. The fourth-order valence-corrected chi connectivity index (χ4v) is 3.18. The summed E-state index contributed by atoms with van der Waals surface area (Å²) in [5.74, 6) is 0.593. The van der Waals surface area contributed by atoms with E-state index in [2.05, 4.69) is 12.1 Å². The second kappa shape index (κ2) is 4.78. The minimum absolute atomic E-state index is 0.0166. The largest absolute Gasteiger partial charge is 0.327 e. The van der Waals surface area contributed by atoms with Crippen molar-refractivity contribution in [2.45, 2.75) is 25.3 Å². The highest BCUT2D eigenvalue weighted by Crippen LogP contribution is 2.28. The van der Waals surface area contributed by atoms with E-state index in [9.17, 15) is 8.42 Å². The maximum Gasteiger partial charge on any atom is 0.147 e. The van der Waals surface area contributed by atoms with Crippen molar-refractivity contribution >= 4 is 9.84 Å². The Bertz CT molecular complexity index is 471. The summed E-state index contributed by atoms with van der Waals surface area (Å²) in [4.78, 5) is 0. The fourth-order valence-electron chi connectivity index (χ4n) is 2.48. The minimum atomic E-state index is -2.90. The Morgan fingerprint density at radius 3 is 2.29 bits per heavy atom. The van der Waals surface area contributed by atoms with Gasteiger partial charge in [0.1, 0.15) is 9.84 Å². The van der Waals surface area contributed by atoms with Crippen molar-refractivity contribution in [1.82, 2.24) is 0 Å². The molecule has 4 heteroatoms. The van der Waals surface area contributed by atoms with Crippen molar-refractivity contribution in [2.75, 3.05) is 12.0 Å². The third kappa shape index (κ3) is 3.30. The molecule has 0 saturated heterocycles. The van der Waals surface area contributed by atoms with Crippen LogP contribution >= 0.6 is 0 Å². The summed E-state index contributed by atoms with van der Waals surface area (Å²) in [6.45, 7) is 0. The van der Waals surface area contributed by atoms with Crippen molar-refractivity contribution in [3.8, 4) is 0 Å². The van der Waals surface area contributed by atoms with Gasteiger partial charge < -0.3 is 5.73 Å². The van der Waals surface area contributed by atoms with Gasteiger partial charge in [-0.2, -0.15) is 0 Å². The summed E-state index contributed by atoms with van der Waals surface area (Å²) < 4.78 is 22.2. The molecular weight excluding hydrogens is 234 g/mol. The lowest BCUT2D eigenvalue weighted by Gasteiger charge is -2.18. The molecule has 0 aromatic heterocycles. The van der Waals surface area contributed by atoms with Crippen LogP contribution in [0.4, 0.5) is 0 Å². The quantitative estimate of drug-likeness (QED) is 0.876. The van der Waals surface area contributed by atoms with Gasteiger partial charge in [-0.05, 0) is 36.3 Å². The molecule has 3 nitrogen and oxygen atoms in total. The van der Waals surface area contributed by atoms with Gasteiger partial charge in [-0.25, -0.2) is 8.42 Å². The summed E-state index contributed by atoms with van der Waals surface area (Å²) in [6.07, 6.45) is 3.81. The zero-order valence-corrected chi connectivity index (χ0v) is 10.9. The molecule has 0 heterocycles. The molecule has 0 spiro atoms. The van der Waals surface area contributed by atoms with Gasteiger partial charge in [-0.15, -0.1) is 0 Å². The van der Waals surface area contributed by atoms with Crippen molar-refractivity contribution in [2.24, 2.45) is 11.7 Å². The average Bonchev–Trinajstić information content (AvgIpc) is 2.68. The van der Waals surface area contributed by atoms with Crippen molar-refractivity contribution in [3.63, 3.8) is 0 Å². The van der Waals surface area contributed by atoms with Gasteiger partial charge in [0.25, 0.3) is 0 Å². The highest BCUT2D eigenvalue weighted by molar-refractivity contribution is 7.90. The Kier molecular flexibility index (Phi) is 3.54. The Hall–Kier alpha value is -0.870. The molecule has 1 atom stereocenters. The molecule has 2 N–H and O–H groups in total. The summed E-state index contributed by atoms with van der Waals surface area (Å²) in [7, 11) is -2.90. The number of benzene rings is 1. The number of nitrogens with two attached hydrogens (primary N) is 1. The number of hydrogen-bond donors (Lipinski definition) is 1. The lowest BCUT2D eigenvalue weighted by Crippen LogP contribution is -2.32. The van der Waals surface area contributed by atoms with E-state index in [0.29, 0.717) is 12.3 Å². The van der Waals surface area contributed by atoms with Crippen LogP contribution < -0.4 is 5.73 Å². The van der Waals surface area contributed by atoms with Crippen LogP contribution in [0.3, 0.4) is 0 Å². The Morgan fingerprint density at radius 2 is 1.82 bits per heavy atom. The number of sulfone groups is 1. The van der Waals surface area contributed by atoms with E-state index in [4.69, 9.17) is 5.73 Å². The second-order valence-corrected chi connectivity index (χ2v) is 7.28. The van der Waals surface area contributed by atoms with Crippen molar-refractivity contribution in [3.05, 3.63) is 35.4 Å². The first-order chi connectivity index (χ1) is 7.96. The fraction of sp³-hybridized carbons (Fsp3) is 0.538. The molecule has 0 amide bonds. The van der Waals surface area contributed by atoms with Crippen LogP contribution in [0.15, 0.2) is 24.3 Å². The summed E-state index contributed by atoms with van der Waals surface area (Å²) in [5.41, 5.74) is 8.84. The normalized spacial score (nSPS) is 18.0. The van der Waals surface area contributed by atoms with Crippen LogP contribution in [0.1, 0.15) is 17.5 Å². The van der Waals surface area contributed by atoms with Crippen LogP contribution in [-0.2, 0) is 22.7 Å². The highest BCUT2D eigenvalue weighted by atomic mass is 32.2. The third-order valence-corrected chi connectivity index (χ3v) is 4.49. The van der Waals surface area contributed by atoms with Gasteiger partial charge in [-0.1, -0.05) is 24.3 Å². The molecule has 0 aliphatic heterocycles. The first-order valence-corrected chi connectivity index (χ1v) is 8.02. The SMILES string of the molecule is CS(=O)(=O)CCC(N)C1Cc2ccccc2C1. The van der Waals surface area contributed by atoms with Crippen LogP contribution in [0.5, 0.6) is 0 Å². The Balaban J connectivity index is 1.94. The van der Waals surface area contributed by atoms with E-state index in [1.807, 2.05) is 12.1 Å². The molecule has 1 aromatic rings. The zero-order valence-electron chi connectivity index (χ0n) is 10.1. The molecule has 1 aliphatic carbocycles. The van der Waals surface area contributed by atoms with E-state index in [1.54, 1.807) is 0 Å². The van der Waals surface area contributed by atoms with E-state index in [-0.39, 0.29) is 11.8 Å². The van der Waals surface area contributed by atoms with Crippen LogP contribution in [0.25, 0.3) is 0 Å². The molecule has 1 unspecified atom stereocenters. The van der Waals surface area contributed by atoms with Crippen molar-refractivity contribution < 1.29 is 8.42 Å². The summed E-state index contributed by atoms with van der Waals surface area (Å²) in [5, 5.41) is 0. The predicted octanol–water partition coefficient (Wildman–Crippen LogP) is 1.16. The molecule has 2 rings (SSSR count). The third-order valence-electron chi connectivity index (χ3n) is 3.51. The van der Waals surface area contributed by atoms with E-state index in [1.165, 1.54) is 17.4 Å². The number of rotatable bonds is 4. The maximum absolute atomic E-state index is 11.1. The first kappa shape index (κ1) is 12.6. The van der Waals surface area contributed by atoms with Crippen LogP contribution in [0.2, 0.25) is 0 Å². The van der Waals surface area contributed by atoms with Gasteiger partial charge >= 0.3 is 0 Å². The highest BCUT2D eigenvalue weighted by Gasteiger charge is 2.26. The van der Waals surface area contributed by atoms with Crippen molar-refractivity contribution in [1.29, 1.82) is 0 Å². The number of hydrogen-bond acceptors (Lipinski definition) is 3. The van der Waals surface area contributed by atoms with Crippen LogP contribution in [0, 0.1) is 5.92 Å². The second-order valence-electron chi connectivity index (χ2n) is 5.02. The summed E-state index contributed by atoms with van der Waals surface area (Å²) >= 11 is 0. The smallest absolute Gasteiger partial charge is 0.147 e. The molecule has 0 radical (unpaired) electrons. The molecule has 1 aromatic carbocycles. The molecule has 17 heavy (non-hydrogen) atoms. The van der Waals surface area contributed by atoms with Gasteiger partial charge in [-0.3, -0.25) is 0 Å². The molecule has 0 fully saturated rings. The predicted molar refractivity (Wildman–Crippen MR) is 69.6 cm³/mol. The van der Waals surface area contributed by atoms with E-state index in [0.717, 1.165) is 12.8 Å². The van der Waals surface area contributed by atoms with Crippen LogP contribution in [-0.4, -0.2) is 26.5 Å². The lowest BCUT2D eigenvalue weighted by atomic mass is 9.95. The zero-order chi connectivity index (χ0) is 12.5. The minimum Gasteiger partial charge on any atom is -0.327 e. The summed E-state index contributed by atoms with van der Waals surface area (Å²) in [6, 6.07) is 8.35. The molecule has 94 valence electrons. The van der Waals surface area contributed by atoms with Gasteiger partial charge in [0.15, 0.2) is 0 Å². The van der Waals surface area contributed by atoms with Gasteiger partial charge in [0, 0.05) is 12.3 Å². The molecule has 0 saturated carbocycles. The van der Waals surface area contributed by atoms with E-state index < -0.39 is 9.84 Å². The standard InChI is InChI=1S/C13H19NO2S/c1-17(15,16)7-6-13(14)12-8-10-4-2-3-5-11(10)9-12/h2-5,12-13H,6-9,14H2,1H3. The van der Waals surface area contributed by atoms with Gasteiger partial charge in [0.05, 0.1) is 5.75 Å². The Labute approximate surface area is 103 Å². The Morgan fingerprint density at radius 1 is 1.29 bits per heavy atom. The molecule has 0 bridgehead atoms. The number of fused-ring (bicyclic) bond motifs is 1. The topological polar surface area (TPSA) is 60.2 Å². The maximum atomic E-state index is 11.1. The van der Waals surface area contributed by atoms with E-state index >= 15 is 0 Å². The van der Waals surface area contributed by atoms with Gasteiger partial charge in [0.2, 0.25) is 0 Å². The molecule has 1 aliphatic rings. The monoisotopic (exact) mass is 253 g/mol. The lowest BCUT2D eigenvalue weighted by molar-refractivity contribution is 0.429. The average molecular weight is 253 g/mol.